The number of hydrogen-bond donors (Lipinski definition) is 1. The van der Waals surface area contributed by atoms with E-state index in [0.717, 1.165) is 16.9 Å². The lowest BCUT2D eigenvalue weighted by Gasteiger charge is -2.06. The zero-order valence-corrected chi connectivity index (χ0v) is 14.5. The summed E-state index contributed by atoms with van der Waals surface area (Å²) in [6.07, 6.45) is 4.13. The lowest BCUT2D eigenvalue weighted by Crippen LogP contribution is -2.27. The maximum Gasteiger partial charge on any atom is 0.247 e. The molecule has 3 aromatic rings. The molecule has 0 atom stereocenters. The highest BCUT2D eigenvalue weighted by Crippen LogP contribution is 2.16. The van der Waals surface area contributed by atoms with Gasteiger partial charge in [0.2, 0.25) is 17.7 Å². The predicted octanol–water partition coefficient (Wildman–Crippen LogP) is 2.43. The van der Waals surface area contributed by atoms with Gasteiger partial charge in [-0.2, -0.15) is 0 Å². The second-order valence-corrected chi connectivity index (χ2v) is 5.59. The van der Waals surface area contributed by atoms with E-state index in [1.807, 2.05) is 31.2 Å². The molecule has 0 saturated carbocycles. The Morgan fingerprint density at radius 2 is 1.88 bits per heavy atom. The molecule has 7 nitrogen and oxygen atoms in total. The van der Waals surface area contributed by atoms with Crippen LogP contribution in [0.15, 0.2) is 53.2 Å². The maximum absolute atomic E-state index is 12.0. The molecule has 0 aliphatic rings. The van der Waals surface area contributed by atoms with Gasteiger partial charge in [0.15, 0.2) is 0 Å². The summed E-state index contributed by atoms with van der Waals surface area (Å²) in [6, 6.07) is 11.1. The summed E-state index contributed by atoms with van der Waals surface area (Å²) < 4.78 is 11.0. The summed E-state index contributed by atoms with van der Waals surface area (Å²) in [7, 11) is 0. The zero-order chi connectivity index (χ0) is 18.2. The number of ether oxygens (including phenoxy) is 1. The van der Waals surface area contributed by atoms with E-state index in [1.165, 1.54) is 0 Å². The molecule has 2 heterocycles. The Labute approximate surface area is 151 Å². The molecule has 26 heavy (non-hydrogen) atoms. The molecule has 0 spiro atoms. The van der Waals surface area contributed by atoms with Gasteiger partial charge in [0.25, 0.3) is 0 Å². The van der Waals surface area contributed by atoms with Gasteiger partial charge in [0.1, 0.15) is 5.75 Å². The van der Waals surface area contributed by atoms with Gasteiger partial charge in [-0.05, 0) is 36.8 Å². The highest BCUT2D eigenvalue weighted by molar-refractivity contribution is 5.78. The molecule has 134 valence electrons. The molecule has 0 radical (unpaired) electrons. The second-order valence-electron chi connectivity index (χ2n) is 5.59. The van der Waals surface area contributed by atoms with Crippen molar-refractivity contribution in [3.63, 3.8) is 0 Å². The Kier molecular flexibility index (Phi) is 5.92. The van der Waals surface area contributed by atoms with Gasteiger partial charge in [0, 0.05) is 30.9 Å². The third-order valence-corrected chi connectivity index (χ3v) is 3.65. The molecule has 1 aromatic carbocycles. The molecular weight excluding hydrogens is 332 g/mol. The van der Waals surface area contributed by atoms with Gasteiger partial charge in [-0.15, -0.1) is 10.2 Å². The van der Waals surface area contributed by atoms with Crippen LogP contribution in [0, 0.1) is 0 Å². The number of benzene rings is 1. The van der Waals surface area contributed by atoms with Crippen LogP contribution in [0.5, 0.6) is 5.75 Å². The quantitative estimate of drug-likeness (QED) is 0.670. The van der Waals surface area contributed by atoms with Crippen LogP contribution in [0.4, 0.5) is 0 Å². The lowest BCUT2D eigenvalue weighted by atomic mass is 10.1. The molecule has 3 rings (SSSR count). The Morgan fingerprint density at radius 3 is 2.62 bits per heavy atom. The largest absolute Gasteiger partial charge is 0.494 e. The minimum Gasteiger partial charge on any atom is -0.494 e. The minimum atomic E-state index is -0.0527. The zero-order valence-electron chi connectivity index (χ0n) is 14.5. The van der Waals surface area contributed by atoms with E-state index in [0.29, 0.717) is 37.8 Å². The van der Waals surface area contributed by atoms with Gasteiger partial charge < -0.3 is 14.5 Å². The Morgan fingerprint density at radius 1 is 1.12 bits per heavy atom. The van der Waals surface area contributed by atoms with Gasteiger partial charge in [-0.3, -0.25) is 9.78 Å². The van der Waals surface area contributed by atoms with Crippen molar-refractivity contribution in [3.8, 4) is 17.2 Å². The number of pyridine rings is 1. The van der Waals surface area contributed by atoms with Crippen LogP contribution in [0.2, 0.25) is 0 Å². The van der Waals surface area contributed by atoms with Crippen LogP contribution >= 0.6 is 0 Å². The van der Waals surface area contributed by atoms with E-state index in [-0.39, 0.29) is 5.91 Å². The summed E-state index contributed by atoms with van der Waals surface area (Å²) in [6.45, 7) is 3.00. The van der Waals surface area contributed by atoms with Gasteiger partial charge in [-0.25, -0.2) is 0 Å². The smallest absolute Gasteiger partial charge is 0.247 e. The minimum absolute atomic E-state index is 0.0527. The van der Waals surface area contributed by atoms with Crippen LogP contribution in [-0.4, -0.2) is 34.2 Å². The Bertz CT molecular complexity index is 832. The monoisotopic (exact) mass is 352 g/mol. The number of nitrogens with one attached hydrogen (secondary N) is 1. The number of nitrogens with zero attached hydrogens (tertiary/aromatic N) is 3. The summed E-state index contributed by atoms with van der Waals surface area (Å²) in [5.74, 6) is 1.68. The van der Waals surface area contributed by atoms with Crippen LogP contribution in [-0.2, 0) is 17.6 Å². The highest BCUT2D eigenvalue weighted by Gasteiger charge is 2.09. The number of hydrogen-bond acceptors (Lipinski definition) is 6. The first kappa shape index (κ1) is 17.6. The van der Waals surface area contributed by atoms with Crippen molar-refractivity contribution in [1.82, 2.24) is 20.5 Å². The fraction of sp³-hybridized carbons (Fsp3) is 0.263. The third kappa shape index (κ3) is 4.89. The first-order valence-corrected chi connectivity index (χ1v) is 8.46. The molecule has 2 aromatic heterocycles. The first-order chi connectivity index (χ1) is 12.7. The van der Waals surface area contributed by atoms with Crippen LogP contribution < -0.4 is 10.1 Å². The number of amides is 1. The molecule has 0 bridgehead atoms. The number of rotatable bonds is 8. The van der Waals surface area contributed by atoms with Crippen molar-refractivity contribution in [1.29, 1.82) is 0 Å². The molecule has 0 aliphatic carbocycles. The molecular formula is C19H20N4O3. The SMILES string of the molecule is CCOc1ccc(CC(=O)NCCc2nnc(-c3ccncc3)o2)cc1. The Balaban J connectivity index is 1.44. The van der Waals surface area contributed by atoms with Crippen molar-refractivity contribution in [2.45, 2.75) is 19.8 Å². The predicted molar refractivity (Wildman–Crippen MR) is 95.6 cm³/mol. The molecule has 0 unspecified atom stereocenters. The second kappa shape index (κ2) is 8.75. The maximum atomic E-state index is 12.0. The number of carbonyl (C=O) groups excluding carboxylic acids is 1. The summed E-state index contributed by atoms with van der Waals surface area (Å²) in [5, 5.41) is 10.9. The molecule has 1 amide bonds. The van der Waals surface area contributed by atoms with Gasteiger partial charge in [-0.1, -0.05) is 12.1 Å². The molecule has 0 aliphatic heterocycles. The van der Waals surface area contributed by atoms with E-state index in [1.54, 1.807) is 24.5 Å². The third-order valence-electron chi connectivity index (χ3n) is 3.65. The molecule has 0 fully saturated rings. The summed E-state index contributed by atoms with van der Waals surface area (Å²) in [4.78, 5) is 16.0. The summed E-state index contributed by atoms with van der Waals surface area (Å²) >= 11 is 0. The van der Waals surface area contributed by atoms with Crippen molar-refractivity contribution >= 4 is 5.91 Å². The molecule has 0 saturated heterocycles. The fourth-order valence-electron chi connectivity index (χ4n) is 2.39. The van der Waals surface area contributed by atoms with Crippen molar-refractivity contribution in [3.05, 3.63) is 60.2 Å². The standard InChI is InChI=1S/C19H20N4O3/c1-2-25-16-5-3-14(4-6-16)13-17(24)21-12-9-18-22-23-19(26-18)15-7-10-20-11-8-15/h3-8,10-11H,2,9,12-13H2,1H3,(H,21,24). The number of carbonyl (C=O) groups is 1. The lowest BCUT2D eigenvalue weighted by molar-refractivity contribution is -0.120. The summed E-state index contributed by atoms with van der Waals surface area (Å²) in [5.41, 5.74) is 1.75. The van der Waals surface area contributed by atoms with E-state index >= 15 is 0 Å². The molecule has 7 heteroatoms. The first-order valence-electron chi connectivity index (χ1n) is 8.46. The van der Waals surface area contributed by atoms with Crippen LogP contribution in [0.1, 0.15) is 18.4 Å². The van der Waals surface area contributed by atoms with E-state index in [2.05, 4.69) is 20.5 Å². The van der Waals surface area contributed by atoms with Crippen molar-refractivity contribution in [2.75, 3.05) is 13.2 Å². The van der Waals surface area contributed by atoms with Gasteiger partial charge in [0.05, 0.1) is 13.0 Å². The average molecular weight is 352 g/mol. The van der Waals surface area contributed by atoms with Gasteiger partial charge >= 0.3 is 0 Å². The van der Waals surface area contributed by atoms with E-state index < -0.39 is 0 Å². The fourth-order valence-corrected chi connectivity index (χ4v) is 2.39. The topological polar surface area (TPSA) is 90.1 Å². The van der Waals surface area contributed by atoms with E-state index in [9.17, 15) is 4.79 Å². The normalized spacial score (nSPS) is 10.5. The van der Waals surface area contributed by atoms with Crippen LogP contribution in [0.3, 0.4) is 0 Å². The highest BCUT2D eigenvalue weighted by atomic mass is 16.5. The van der Waals surface area contributed by atoms with Crippen molar-refractivity contribution in [2.24, 2.45) is 0 Å². The molecule has 1 N–H and O–H groups in total. The number of aromatic nitrogens is 3. The Hall–Kier alpha value is -3.22. The average Bonchev–Trinajstić information content (AvgIpc) is 3.13. The van der Waals surface area contributed by atoms with Crippen LogP contribution in [0.25, 0.3) is 11.5 Å². The van der Waals surface area contributed by atoms with Crippen molar-refractivity contribution < 1.29 is 13.9 Å². The van der Waals surface area contributed by atoms with E-state index in [4.69, 9.17) is 9.15 Å².